The lowest BCUT2D eigenvalue weighted by Crippen LogP contribution is -2.32. The molecule has 1 amide bonds. The van der Waals surface area contributed by atoms with Crippen LogP contribution in [0.5, 0.6) is 0 Å². The number of pyridine rings is 1. The third kappa shape index (κ3) is 4.67. The average molecular weight is 445 g/mol. The Morgan fingerprint density at radius 3 is 2.97 bits per heavy atom. The van der Waals surface area contributed by atoms with Gasteiger partial charge in [-0.05, 0) is 29.1 Å². The van der Waals surface area contributed by atoms with Crippen molar-refractivity contribution in [1.82, 2.24) is 30.0 Å². The molecule has 170 valence electrons. The summed E-state index contributed by atoms with van der Waals surface area (Å²) in [5.41, 5.74) is 5.93. The van der Waals surface area contributed by atoms with E-state index >= 15 is 0 Å². The summed E-state index contributed by atoms with van der Waals surface area (Å²) in [4.78, 5) is 23.1. The Bertz CT molecular complexity index is 1210. The number of aromatic nitrogens is 4. The third-order valence-electron chi connectivity index (χ3n) is 6.09. The second-order valence-electron chi connectivity index (χ2n) is 8.38. The minimum atomic E-state index is -0.154. The molecule has 33 heavy (non-hydrogen) atoms. The molecule has 4 aromatic rings. The number of hydrogen-bond donors (Lipinski definition) is 2. The highest BCUT2D eigenvalue weighted by molar-refractivity contribution is 5.94. The van der Waals surface area contributed by atoms with Crippen LogP contribution in [0.25, 0.3) is 10.9 Å². The van der Waals surface area contributed by atoms with Gasteiger partial charge in [-0.3, -0.25) is 19.4 Å². The molecular weight excluding hydrogens is 416 g/mol. The Hall–Kier alpha value is -3.49. The first-order chi connectivity index (χ1) is 16.2. The number of amides is 1. The van der Waals surface area contributed by atoms with Crippen LogP contribution in [0.1, 0.15) is 33.0 Å². The normalized spacial score (nSPS) is 13.8. The summed E-state index contributed by atoms with van der Waals surface area (Å²) in [6.45, 7) is 4.02. The zero-order valence-electron chi connectivity index (χ0n) is 18.8. The Morgan fingerprint density at radius 1 is 1.24 bits per heavy atom. The SMILES string of the molecule is COCCn1nc(C(=O)NCc2cccnc2)c2c1CCN(Cc1cc3ccccc3[nH]1)C2. The highest BCUT2D eigenvalue weighted by Crippen LogP contribution is 2.25. The first-order valence-electron chi connectivity index (χ1n) is 11.2. The lowest BCUT2D eigenvalue weighted by Gasteiger charge is -2.27. The predicted molar refractivity (Wildman–Crippen MR) is 126 cm³/mol. The number of carbonyl (C=O) groups excluding carboxylic acids is 1. The van der Waals surface area contributed by atoms with Crippen molar-refractivity contribution in [3.63, 3.8) is 0 Å². The molecule has 8 nitrogen and oxygen atoms in total. The van der Waals surface area contributed by atoms with Crippen LogP contribution in [0.4, 0.5) is 0 Å². The van der Waals surface area contributed by atoms with Crippen LogP contribution in [0.2, 0.25) is 0 Å². The summed E-state index contributed by atoms with van der Waals surface area (Å²) < 4.78 is 7.20. The highest BCUT2D eigenvalue weighted by Gasteiger charge is 2.28. The molecule has 1 aliphatic heterocycles. The minimum absolute atomic E-state index is 0.154. The van der Waals surface area contributed by atoms with Crippen LogP contribution >= 0.6 is 0 Å². The van der Waals surface area contributed by atoms with Gasteiger partial charge in [0.25, 0.3) is 5.91 Å². The van der Waals surface area contributed by atoms with Gasteiger partial charge in [0.2, 0.25) is 0 Å². The number of carbonyl (C=O) groups is 1. The van der Waals surface area contributed by atoms with Gasteiger partial charge >= 0.3 is 0 Å². The number of hydrogen-bond acceptors (Lipinski definition) is 5. The fraction of sp³-hybridized carbons (Fsp3) is 0.320. The van der Waals surface area contributed by atoms with Crippen molar-refractivity contribution >= 4 is 16.8 Å². The fourth-order valence-corrected chi connectivity index (χ4v) is 4.46. The van der Waals surface area contributed by atoms with Gasteiger partial charge in [-0.2, -0.15) is 5.10 Å². The number of benzene rings is 1. The predicted octanol–water partition coefficient (Wildman–Crippen LogP) is 2.89. The largest absolute Gasteiger partial charge is 0.383 e. The molecule has 0 saturated heterocycles. The molecule has 0 unspecified atom stereocenters. The Morgan fingerprint density at radius 2 is 2.15 bits per heavy atom. The van der Waals surface area contributed by atoms with Crippen LogP contribution in [0.15, 0.2) is 54.9 Å². The number of methoxy groups -OCH3 is 1. The van der Waals surface area contributed by atoms with E-state index in [1.807, 2.05) is 22.9 Å². The van der Waals surface area contributed by atoms with Gasteiger partial charge in [-0.1, -0.05) is 24.3 Å². The van der Waals surface area contributed by atoms with Gasteiger partial charge in [0.05, 0.1) is 13.2 Å². The van der Waals surface area contributed by atoms with Gasteiger partial charge in [-0.25, -0.2) is 0 Å². The summed E-state index contributed by atoms with van der Waals surface area (Å²) in [6, 6.07) is 14.3. The number of nitrogens with one attached hydrogen (secondary N) is 2. The van der Waals surface area contributed by atoms with Crippen LogP contribution in [0, 0.1) is 0 Å². The topological polar surface area (TPSA) is 88.1 Å². The first kappa shape index (κ1) is 21.4. The summed E-state index contributed by atoms with van der Waals surface area (Å²) in [5.74, 6) is -0.154. The van der Waals surface area contributed by atoms with Crippen molar-refractivity contribution in [3.8, 4) is 0 Å². The Labute approximate surface area is 192 Å². The number of H-pyrrole nitrogens is 1. The van der Waals surface area contributed by atoms with Gasteiger partial charge < -0.3 is 15.0 Å². The number of ether oxygens (including phenoxy) is 1. The van der Waals surface area contributed by atoms with Crippen LogP contribution < -0.4 is 5.32 Å². The fourth-order valence-electron chi connectivity index (χ4n) is 4.46. The molecule has 3 aromatic heterocycles. The zero-order chi connectivity index (χ0) is 22.6. The second kappa shape index (κ2) is 9.56. The molecule has 0 fully saturated rings. The molecule has 0 spiro atoms. The molecular formula is C25H28N6O2. The Kier molecular flexibility index (Phi) is 6.19. The highest BCUT2D eigenvalue weighted by atomic mass is 16.5. The number of rotatable bonds is 8. The third-order valence-corrected chi connectivity index (χ3v) is 6.09. The maximum atomic E-state index is 13.1. The molecule has 0 radical (unpaired) electrons. The van der Waals surface area contributed by atoms with E-state index in [2.05, 4.69) is 44.5 Å². The van der Waals surface area contributed by atoms with Crippen molar-refractivity contribution < 1.29 is 9.53 Å². The molecule has 0 bridgehead atoms. The van der Waals surface area contributed by atoms with E-state index in [1.165, 1.54) is 11.1 Å². The number of nitrogens with zero attached hydrogens (tertiary/aromatic N) is 4. The molecule has 1 aromatic carbocycles. The summed E-state index contributed by atoms with van der Waals surface area (Å²) in [5, 5.41) is 8.91. The van der Waals surface area contributed by atoms with E-state index in [4.69, 9.17) is 9.84 Å². The van der Waals surface area contributed by atoms with E-state index in [9.17, 15) is 4.79 Å². The molecule has 2 N–H and O–H groups in total. The van der Waals surface area contributed by atoms with Crippen molar-refractivity contribution in [3.05, 3.63) is 83.1 Å². The van der Waals surface area contributed by atoms with Gasteiger partial charge in [0.15, 0.2) is 5.69 Å². The van der Waals surface area contributed by atoms with E-state index in [-0.39, 0.29) is 5.91 Å². The van der Waals surface area contributed by atoms with Crippen molar-refractivity contribution in [1.29, 1.82) is 0 Å². The van der Waals surface area contributed by atoms with Gasteiger partial charge in [0, 0.05) is 74.6 Å². The van der Waals surface area contributed by atoms with E-state index in [0.717, 1.165) is 41.8 Å². The maximum absolute atomic E-state index is 13.1. The minimum Gasteiger partial charge on any atom is -0.383 e. The molecule has 4 heterocycles. The van der Waals surface area contributed by atoms with Crippen molar-refractivity contribution in [2.75, 3.05) is 20.3 Å². The lowest BCUT2D eigenvalue weighted by molar-refractivity contribution is 0.0942. The Balaban J connectivity index is 1.35. The van der Waals surface area contributed by atoms with E-state index < -0.39 is 0 Å². The van der Waals surface area contributed by atoms with E-state index in [1.54, 1.807) is 19.5 Å². The second-order valence-corrected chi connectivity index (χ2v) is 8.38. The van der Waals surface area contributed by atoms with Gasteiger partial charge in [0.1, 0.15) is 0 Å². The monoisotopic (exact) mass is 444 g/mol. The van der Waals surface area contributed by atoms with Crippen LogP contribution in [0.3, 0.4) is 0 Å². The molecule has 0 saturated carbocycles. The number of aromatic amines is 1. The lowest BCUT2D eigenvalue weighted by atomic mass is 10.0. The molecule has 1 aliphatic rings. The molecule has 8 heteroatoms. The summed E-state index contributed by atoms with van der Waals surface area (Å²) in [7, 11) is 1.68. The molecule has 5 rings (SSSR count). The average Bonchev–Trinajstić information content (AvgIpc) is 3.42. The van der Waals surface area contributed by atoms with Crippen LogP contribution in [-0.4, -0.2) is 50.8 Å². The van der Waals surface area contributed by atoms with Crippen molar-refractivity contribution in [2.24, 2.45) is 0 Å². The van der Waals surface area contributed by atoms with Crippen LogP contribution in [-0.2, 0) is 37.3 Å². The summed E-state index contributed by atoms with van der Waals surface area (Å²) in [6.07, 6.45) is 4.33. The molecule has 0 aliphatic carbocycles. The van der Waals surface area contributed by atoms with Gasteiger partial charge in [-0.15, -0.1) is 0 Å². The quantitative estimate of drug-likeness (QED) is 0.436. The molecule has 0 atom stereocenters. The maximum Gasteiger partial charge on any atom is 0.272 e. The van der Waals surface area contributed by atoms with Crippen molar-refractivity contribution in [2.45, 2.75) is 32.6 Å². The standard InChI is InChI=1S/C25H28N6O2/c1-33-12-11-31-23-8-10-30(16-20-13-19-6-2-3-7-22(19)28-20)17-21(23)24(29-31)25(32)27-15-18-5-4-9-26-14-18/h2-7,9,13-14,28H,8,10-12,15-17H2,1H3,(H,27,32). The van der Waals surface area contributed by atoms with E-state index in [0.29, 0.717) is 31.9 Å². The number of fused-ring (bicyclic) bond motifs is 2. The number of para-hydroxylation sites is 1. The zero-order valence-corrected chi connectivity index (χ0v) is 18.8. The smallest absolute Gasteiger partial charge is 0.272 e. The summed E-state index contributed by atoms with van der Waals surface area (Å²) >= 11 is 0. The first-order valence-corrected chi connectivity index (χ1v) is 11.2.